The zero-order valence-electron chi connectivity index (χ0n) is 15.9. The number of carbonyl (C=O) groups is 1. The van der Waals surface area contributed by atoms with Crippen molar-refractivity contribution in [2.45, 2.75) is 33.6 Å². The molecule has 0 unspecified atom stereocenters. The number of benzene rings is 1. The van der Waals surface area contributed by atoms with Crippen LogP contribution < -0.4 is 5.63 Å². The number of carbonyl (C=O) groups excluding carboxylic acids is 1. The summed E-state index contributed by atoms with van der Waals surface area (Å²) in [4.78, 5) is 26.7. The van der Waals surface area contributed by atoms with Crippen LogP contribution in [0.25, 0.3) is 21.9 Å². The second-order valence-corrected chi connectivity index (χ2v) is 7.11. The van der Waals surface area contributed by atoms with Gasteiger partial charge in [-0.2, -0.15) is 0 Å². The molecule has 27 heavy (non-hydrogen) atoms. The Morgan fingerprint density at radius 1 is 1.00 bits per heavy atom. The van der Waals surface area contributed by atoms with Gasteiger partial charge in [0, 0.05) is 41.9 Å². The van der Waals surface area contributed by atoms with Gasteiger partial charge in [0.05, 0.1) is 13.2 Å². The fraction of sp³-hybridized carbons (Fsp3) is 0.429. The Kier molecular flexibility index (Phi) is 4.52. The maximum absolute atomic E-state index is 12.5. The average Bonchev–Trinajstić information content (AvgIpc) is 2.94. The monoisotopic (exact) mass is 369 g/mol. The molecule has 0 bridgehead atoms. The number of hydrogen-bond acceptors (Lipinski definition) is 5. The van der Waals surface area contributed by atoms with Gasteiger partial charge in [-0.1, -0.05) is 0 Å². The summed E-state index contributed by atoms with van der Waals surface area (Å²) in [6.45, 7) is 8.23. The lowest BCUT2D eigenvalue weighted by molar-refractivity contribution is -0.135. The molecular weight excluding hydrogens is 346 g/mol. The summed E-state index contributed by atoms with van der Waals surface area (Å²) in [6.07, 6.45) is 0.672. The summed E-state index contributed by atoms with van der Waals surface area (Å²) in [6, 6.07) is 3.80. The largest absolute Gasteiger partial charge is 0.461 e. The van der Waals surface area contributed by atoms with Crippen molar-refractivity contribution in [1.29, 1.82) is 0 Å². The van der Waals surface area contributed by atoms with E-state index in [1.165, 1.54) is 0 Å². The van der Waals surface area contributed by atoms with Gasteiger partial charge in [-0.05, 0) is 44.4 Å². The van der Waals surface area contributed by atoms with Crippen molar-refractivity contribution in [2.24, 2.45) is 0 Å². The van der Waals surface area contributed by atoms with Crippen LogP contribution in [-0.4, -0.2) is 37.1 Å². The first-order valence-corrected chi connectivity index (χ1v) is 9.27. The molecule has 1 aliphatic rings. The van der Waals surface area contributed by atoms with Gasteiger partial charge >= 0.3 is 5.63 Å². The van der Waals surface area contributed by atoms with E-state index in [0.29, 0.717) is 50.3 Å². The molecule has 4 rings (SSSR count). The minimum atomic E-state index is -0.380. The number of furan rings is 1. The number of fused-ring (bicyclic) bond motifs is 2. The fourth-order valence-corrected chi connectivity index (χ4v) is 3.72. The van der Waals surface area contributed by atoms with Crippen molar-refractivity contribution >= 4 is 27.8 Å². The highest BCUT2D eigenvalue weighted by atomic mass is 16.5. The molecule has 6 nitrogen and oxygen atoms in total. The summed E-state index contributed by atoms with van der Waals surface area (Å²) >= 11 is 0. The molecule has 1 aliphatic heterocycles. The van der Waals surface area contributed by atoms with Crippen molar-refractivity contribution in [3.63, 3.8) is 0 Å². The number of rotatable bonds is 3. The molecule has 0 spiro atoms. The molecule has 1 fully saturated rings. The van der Waals surface area contributed by atoms with Crippen molar-refractivity contribution in [2.75, 3.05) is 26.3 Å². The summed E-state index contributed by atoms with van der Waals surface area (Å²) in [5.74, 6) is 0.908. The summed E-state index contributed by atoms with van der Waals surface area (Å²) in [7, 11) is 0. The van der Waals surface area contributed by atoms with Crippen LogP contribution >= 0.6 is 0 Å². The second kappa shape index (κ2) is 6.85. The third-order valence-corrected chi connectivity index (χ3v) is 5.54. The molecule has 0 atom stereocenters. The van der Waals surface area contributed by atoms with Crippen LogP contribution in [0.2, 0.25) is 0 Å². The van der Waals surface area contributed by atoms with Crippen LogP contribution in [0.3, 0.4) is 0 Å². The van der Waals surface area contributed by atoms with E-state index in [0.717, 1.165) is 33.2 Å². The summed E-state index contributed by atoms with van der Waals surface area (Å²) in [5, 5.41) is 1.91. The minimum Gasteiger partial charge on any atom is -0.461 e. The Bertz CT molecular complexity index is 1090. The standard InChI is InChI=1S/C21H23NO5/c1-12-14(3)26-18-11-19-17(10-16(12)18)13(2)15(21(24)27-19)4-5-20(23)22-6-8-25-9-7-22/h10-11H,4-9H2,1-3H3. The van der Waals surface area contributed by atoms with Gasteiger partial charge < -0.3 is 18.5 Å². The van der Waals surface area contributed by atoms with Gasteiger partial charge in [0.2, 0.25) is 5.91 Å². The zero-order valence-corrected chi connectivity index (χ0v) is 15.9. The van der Waals surface area contributed by atoms with E-state index in [1.807, 2.05) is 26.8 Å². The van der Waals surface area contributed by atoms with Crippen LogP contribution in [0.4, 0.5) is 0 Å². The van der Waals surface area contributed by atoms with Crippen LogP contribution in [-0.2, 0) is 16.0 Å². The van der Waals surface area contributed by atoms with E-state index >= 15 is 0 Å². The molecule has 3 heterocycles. The molecule has 0 saturated carbocycles. The quantitative estimate of drug-likeness (QED) is 0.663. The van der Waals surface area contributed by atoms with E-state index in [9.17, 15) is 9.59 Å². The third kappa shape index (κ3) is 3.14. The second-order valence-electron chi connectivity index (χ2n) is 7.11. The SMILES string of the molecule is Cc1oc2cc3oc(=O)c(CCC(=O)N4CCOCC4)c(C)c3cc2c1C. The lowest BCUT2D eigenvalue weighted by atomic mass is 10.00. The highest BCUT2D eigenvalue weighted by Gasteiger charge is 2.19. The average molecular weight is 369 g/mol. The molecule has 6 heteroatoms. The highest BCUT2D eigenvalue weighted by molar-refractivity contribution is 5.96. The number of morpholine rings is 1. The van der Waals surface area contributed by atoms with Crippen LogP contribution in [0, 0.1) is 20.8 Å². The molecule has 142 valence electrons. The van der Waals surface area contributed by atoms with Gasteiger partial charge in [-0.25, -0.2) is 4.79 Å². The number of ether oxygens (including phenoxy) is 1. The maximum Gasteiger partial charge on any atom is 0.339 e. The van der Waals surface area contributed by atoms with Crippen molar-refractivity contribution in [3.05, 3.63) is 45.0 Å². The number of hydrogen-bond donors (Lipinski definition) is 0. The number of nitrogens with zero attached hydrogens (tertiary/aromatic N) is 1. The lowest BCUT2D eigenvalue weighted by Gasteiger charge is -2.26. The zero-order chi connectivity index (χ0) is 19.1. The van der Waals surface area contributed by atoms with Crippen molar-refractivity contribution < 1.29 is 18.4 Å². The predicted octanol–water partition coefficient (Wildman–Crippen LogP) is 3.26. The molecule has 0 aliphatic carbocycles. The Morgan fingerprint density at radius 3 is 2.41 bits per heavy atom. The smallest absolute Gasteiger partial charge is 0.339 e. The van der Waals surface area contributed by atoms with Gasteiger partial charge in [0.15, 0.2) is 0 Å². The molecule has 1 amide bonds. The predicted molar refractivity (Wildman–Crippen MR) is 102 cm³/mol. The normalized spacial score (nSPS) is 15.0. The van der Waals surface area contributed by atoms with Gasteiger partial charge in [0.1, 0.15) is 16.9 Å². The minimum absolute atomic E-state index is 0.0500. The molecule has 0 N–H and O–H groups in total. The Morgan fingerprint density at radius 2 is 1.67 bits per heavy atom. The molecule has 3 aromatic rings. The van der Waals surface area contributed by atoms with E-state index in [2.05, 4.69) is 0 Å². The van der Waals surface area contributed by atoms with Crippen LogP contribution in [0.5, 0.6) is 0 Å². The summed E-state index contributed by atoms with van der Waals surface area (Å²) in [5.41, 5.74) is 3.38. The van der Waals surface area contributed by atoms with E-state index in [4.69, 9.17) is 13.6 Å². The van der Waals surface area contributed by atoms with E-state index in [-0.39, 0.29) is 11.5 Å². The Balaban J connectivity index is 1.68. The highest BCUT2D eigenvalue weighted by Crippen LogP contribution is 2.31. The molecule has 0 radical (unpaired) electrons. The molecular formula is C21H23NO5. The van der Waals surface area contributed by atoms with Crippen LogP contribution in [0.15, 0.2) is 25.8 Å². The Labute approximate surface area is 156 Å². The van der Waals surface area contributed by atoms with Gasteiger partial charge in [-0.3, -0.25) is 4.79 Å². The van der Waals surface area contributed by atoms with Crippen molar-refractivity contribution in [3.8, 4) is 0 Å². The van der Waals surface area contributed by atoms with Gasteiger partial charge in [0.25, 0.3) is 0 Å². The Hall–Kier alpha value is -2.60. The first-order chi connectivity index (χ1) is 13.0. The molecule has 1 aromatic carbocycles. The number of amides is 1. The first-order valence-electron chi connectivity index (χ1n) is 9.27. The fourth-order valence-electron chi connectivity index (χ4n) is 3.72. The maximum atomic E-state index is 12.5. The molecule has 2 aromatic heterocycles. The van der Waals surface area contributed by atoms with Crippen LogP contribution in [0.1, 0.15) is 28.9 Å². The third-order valence-electron chi connectivity index (χ3n) is 5.54. The first kappa shape index (κ1) is 17.8. The summed E-state index contributed by atoms with van der Waals surface area (Å²) < 4.78 is 16.6. The molecule has 1 saturated heterocycles. The lowest BCUT2D eigenvalue weighted by Crippen LogP contribution is -2.40. The number of aryl methyl sites for hydroxylation is 3. The van der Waals surface area contributed by atoms with Crippen molar-refractivity contribution in [1.82, 2.24) is 4.90 Å². The topological polar surface area (TPSA) is 72.9 Å². The van der Waals surface area contributed by atoms with Gasteiger partial charge in [-0.15, -0.1) is 0 Å². The van der Waals surface area contributed by atoms with E-state index < -0.39 is 0 Å². The van der Waals surface area contributed by atoms with E-state index in [1.54, 1.807) is 11.0 Å².